The van der Waals surface area contributed by atoms with Crippen molar-refractivity contribution in [3.63, 3.8) is 0 Å². The van der Waals surface area contributed by atoms with Crippen LogP contribution in [0.3, 0.4) is 0 Å². The number of ether oxygens (including phenoxy) is 4. The highest BCUT2D eigenvalue weighted by Crippen LogP contribution is 3.02. The van der Waals surface area contributed by atoms with Crippen molar-refractivity contribution in [3.05, 3.63) is 49.6 Å². The van der Waals surface area contributed by atoms with E-state index >= 15 is 0 Å². The number of fused-ring (bicyclic) bond motifs is 1. The first kappa shape index (κ1) is 31.9. The molecular formula is C17H14F8N2O12S. The van der Waals surface area contributed by atoms with Crippen molar-refractivity contribution < 1.29 is 81.0 Å². The number of benzene rings is 1. The van der Waals surface area contributed by atoms with Crippen LogP contribution in [0.15, 0.2) is 28.7 Å². The molecule has 0 saturated heterocycles. The summed E-state index contributed by atoms with van der Waals surface area (Å²) in [5, 5.41) is 17.8. The third kappa shape index (κ3) is 9.16. The zero-order chi connectivity index (χ0) is 30.7. The van der Waals surface area contributed by atoms with Crippen LogP contribution in [-0.4, -0.2) is 60.2 Å². The Hall–Kier alpha value is -4.31. The monoisotopic (exact) mass is 622 g/mol. The number of carbonyl (C=O) groups excluding carboxylic acids is 2. The maximum absolute atomic E-state index is 13.5. The molecule has 0 fully saturated rings. The molecule has 1 heterocycles. The van der Waals surface area contributed by atoms with Gasteiger partial charge in [0, 0.05) is 12.5 Å². The Labute approximate surface area is 215 Å². The van der Waals surface area contributed by atoms with Crippen LogP contribution in [0.25, 0.3) is 6.08 Å². The topological polar surface area (TPSA) is 176 Å². The SMILES string of the molecule is CC(OC(=O)OC(CO[N+](=O)[O-])CO[N+](=O)[O-])OC(=O)C1=Cc2cc(S(F)(F)(F)(F)F)ccc2O[C@@H]1C(F)(F)F. The lowest BCUT2D eigenvalue weighted by Crippen LogP contribution is -2.41. The van der Waals surface area contributed by atoms with E-state index in [0.29, 0.717) is 0 Å². The van der Waals surface area contributed by atoms with Crippen LogP contribution >= 0.6 is 10.2 Å². The van der Waals surface area contributed by atoms with Crippen molar-refractivity contribution in [2.75, 3.05) is 13.2 Å². The van der Waals surface area contributed by atoms with Gasteiger partial charge in [-0.15, -0.1) is 20.2 Å². The van der Waals surface area contributed by atoms with Crippen molar-refractivity contribution in [1.82, 2.24) is 0 Å². The molecule has 1 aliphatic heterocycles. The highest BCUT2D eigenvalue weighted by Gasteiger charge is 2.65. The largest absolute Gasteiger partial charge is 0.511 e. The van der Waals surface area contributed by atoms with Gasteiger partial charge in [0.2, 0.25) is 12.4 Å². The molecule has 0 aromatic heterocycles. The number of alkyl halides is 3. The predicted octanol–water partition coefficient (Wildman–Crippen LogP) is 4.88. The number of esters is 1. The second kappa shape index (κ2) is 10.3. The maximum atomic E-state index is 13.5. The van der Waals surface area contributed by atoms with E-state index in [2.05, 4.69) is 28.6 Å². The van der Waals surface area contributed by atoms with Crippen molar-refractivity contribution in [1.29, 1.82) is 0 Å². The molecule has 1 aliphatic rings. The Kier molecular flexibility index (Phi) is 8.25. The zero-order valence-corrected chi connectivity index (χ0v) is 20.0. The number of rotatable bonds is 11. The van der Waals surface area contributed by atoms with Gasteiger partial charge in [0.1, 0.15) is 23.9 Å². The van der Waals surface area contributed by atoms with E-state index in [1.807, 2.05) is 0 Å². The summed E-state index contributed by atoms with van der Waals surface area (Å²) in [4.78, 5) is 49.9. The number of hydrogen-bond donors (Lipinski definition) is 0. The smallest absolute Gasteiger partial charge is 0.475 e. The minimum absolute atomic E-state index is 0.150. The fourth-order valence-electron chi connectivity index (χ4n) is 2.78. The van der Waals surface area contributed by atoms with Crippen molar-refractivity contribution in [2.24, 2.45) is 0 Å². The van der Waals surface area contributed by atoms with Gasteiger partial charge < -0.3 is 28.6 Å². The van der Waals surface area contributed by atoms with Crippen LogP contribution in [0.1, 0.15) is 12.5 Å². The van der Waals surface area contributed by atoms with Gasteiger partial charge in [0.05, 0.1) is 5.57 Å². The average molecular weight is 622 g/mol. The van der Waals surface area contributed by atoms with Crippen LogP contribution in [0.4, 0.5) is 37.4 Å². The summed E-state index contributed by atoms with van der Waals surface area (Å²) in [6.45, 7) is -1.49. The van der Waals surface area contributed by atoms with Gasteiger partial charge in [0.15, 0.2) is 6.10 Å². The Balaban J connectivity index is 2.22. The predicted molar refractivity (Wildman–Crippen MR) is 109 cm³/mol. The number of carbonyl (C=O) groups is 2. The summed E-state index contributed by atoms with van der Waals surface area (Å²) in [5.41, 5.74) is -2.52. The van der Waals surface area contributed by atoms with Crippen molar-refractivity contribution >= 4 is 28.4 Å². The molecule has 1 unspecified atom stereocenters. The lowest BCUT2D eigenvalue weighted by Gasteiger charge is -2.41. The van der Waals surface area contributed by atoms with E-state index in [4.69, 9.17) is 0 Å². The first-order valence-electron chi connectivity index (χ1n) is 9.92. The molecule has 23 heteroatoms. The Morgan fingerprint density at radius 1 is 1.00 bits per heavy atom. The van der Waals surface area contributed by atoms with Crippen LogP contribution < -0.4 is 4.74 Å². The molecule has 0 spiro atoms. The number of halogens is 8. The standard InChI is InChI=1S/C17H14F8N2O12S/c1-8(37-16(29)38-10(6-34-26(30)31)7-35-27(32)33)36-15(28)12-5-9-4-11(40(21,22,23,24)25)2-3-13(9)39-14(12)17(18,19)20/h2-5,8,10,14H,6-7H2,1H3/t8?,14-/m0/s1. The third-order valence-corrected chi connectivity index (χ3v) is 5.47. The van der Waals surface area contributed by atoms with Gasteiger partial charge in [-0.2, -0.15) is 13.2 Å². The highest BCUT2D eigenvalue weighted by molar-refractivity contribution is 8.45. The molecule has 0 radical (unpaired) electrons. The molecule has 1 aromatic rings. The molecule has 0 saturated carbocycles. The van der Waals surface area contributed by atoms with Crippen LogP contribution in [0, 0.1) is 20.2 Å². The van der Waals surface area contributed by atoms with Crippen LogP contribution in [-0.2, 0) is 28.7 Å². The van der Waals surface area contributed by atoms with Crippen LogP contribution in [0.2, 0.25) is 0 Å². The second-order valence-electron chi connectivity index (χ2n) is 7.43. The Morgan fingerprint density at radius 2 is 1.55 bits per heavy atom. The summed E-state index contributed by atoms with van der Waals surface area (Å²) in [5.74, 6) is -2.92. The molecule has 0 aliphatic carbocycles. The van der Waals surface area contributed by atoms with Gasteiger partial charge in [-0.05, 0) is 24.3 Å². The van der Waals surface area contributed by atoms with E-state index in [-0.39, 0.29) is 24.3 Å². The minimum Gasteiger partial charge on any atom is -0.475 e. The fraction of sp³-hybridized carbons (Fsp3) is 0.412. The number of hydrogen-bond acceptors (Lipinski definition) is 12. The van der Waals surface area contributed by atoms with E-state index in [0.717, 1.165) is 6.92 Å². The summed E-state index contributed by atoms with van der Waals surface area (Å²) >= 11 is 0. The van der Waals surface area contributed by atoms with Crippen molar-refractivity contribution in [2.45, 2.75) is 36.5 Å². The van der Waals surface area contributed by atoms with Crippen molar-refractivity contribution in [3.8, 4) is 5.75 Å². The zero-order valence-electron chi connectivity index (χ0n) is 19.2. The van der Waals surface area contributed by atoms with E-state index in [9.17, 15) is 62.4 Å². The normalized spacial score (nSPS) is 17.6. The molecule has 226 valence electrons. The van der Waals surface area contributed by atoms with Crippen LogP contribution in [0.5, 0.6) is 5.75 Å². The summed E-state index contributed by atoms with van der Waals surface area (Å²) < 4.78 is 124. The maximum Gasteiger partial charge on any atom is 0.511 e. The van der Waals surface area contributed by atoms with Gasteiger partial charge in [0.25, 0.3) is 10.2 Å². The highest BCUT2D eigenvalue weighted by atomic mass is 32.5. The lowest BCUT2D eigenvalue weighted by atomic mass is 10.0. The molecule has 1 aromatic carbocycles. The summed E-state index contributed by atoms with van der Waals surface area (Å²) in [7, 11) is -10.3. The molecule has 2 atom stereocenters. The van der Waals surface area contributed by atoms with E-state index in [1.54, 1.807) is 0 Å². The minimum atomic E-state index is -10.3. The fourth-order valence-corrected chi connectivity index (χ4v) is 3.45. The first-order valence-corrected chi connectivity index (χ1v) is 11.9. The molecule has 0 bridgehead atoms. The van der Waals surface area contributed by atoms with E-state index < -0.39 is 92.2 Å². The van der Waals surface area contributed by atoms with Gasteiger partial charge in [-0.3, -0.25) is 0 Å². The molecule has 2 rings (SSSR count). The first-order chi connectivity index (χ1) is 18.0. The molecule has 14 nitrogen and oxygen atoms in total. The molecule has 40 heavy (non-hydrogen) atoms. The molecule has 0 amide bonds. The summed E-state index contributed by atoms with van der Waals surface area (Å²) in [6, 6.07) is -0.245. The van der Waals surface area contributed by atoms with Gasteiger partial charge in [-0.25, -0.2) is 9.59 Å². The van der Waals surface area contributed by atoms with Gasteiger partial charge in [-0.1, -0.05) is 19.4 Å². The number of nitrogens with zero attached hydrogens (tertiary/aromatic N) is 2. The quantitative estimate of drug-likeness (QED) is 0.108. The average Bonchev–Trinajstić information content (AvgIpc) is 2.77. The Bertz CT molecular complexity index is 1210. The Morgan fingerprint density at radius 3 is 2.02 bits per heavy atom. The van der Waals surface area contributed by atoms with E-state index in [1.165, 1.54) is 0 Å². The molecule has 0 N–H and O–H groups in total. The lowest BCUT2D eigenvalue weighted by molar-refractivity contribution is -0.768. The second-order valence-corrected chi connectivity index (χ2v) is 9.84. The molecular weight excluding hydrogens is 608 g/mol. The van der Waals surface area contributed by atoms with Gasteiger partial charge >= 0.3 is 28.5 Å². The third-order valence-electron chi connectivity index (χ3n) is 4.33. The summed E-state index contributed by atoms with van der Waals surface area (Å²) in [6.07, 6.45) is -14.2.